The topological polar surface area (TPSA) is 161 Å². The lowest BCUT2D eigenvalue weighted by atomic mass is 9.98. The van der Waals surface area contributed by atoms with Crippen LogP contribution in [-0.2, 0) is 43.0 Å². The Morgan fingerprint density at radius 3 is 1.52 bits per heavy atom. The van der Waals surface area contributed by atoms with Crippen LogP contribution in [0.3, 0.4) is 0 Å². The maximum absolute atomic E-state index is 10.9. The fourth-order valence-corrected chi connectivity index (χ4v) is 3.75. The number of aromatic nitrogens is 1. The fraction of sp³-hybridized carbons (Fsp3) is 0.595. The number of pyridine rings is 1. The molecular formula is C42H67NO11. The first kappa shape index (κ1) is 53.7. The highest BCUT2D eigenvalue weighted by atomic mass is 16.6. The summed E-state index contributed by atoms with van der Waals surface area (Å²) in [6.07, 6.45) is 11.4. The van der Waals surface area contributed by atoms with E-state index in [4.69, 9.17) is 14.2 Å². The van der Waals surface area contributed by atoms with Gasteiger partial charge in [0.05, 0.1) is 13.7 Å². The monoisotopic (exact) mass is 761 g/mol. The Morgan fingerprint density at radius 2 is 1.15 bits per heavy atom. The van der Waals surface area contributed by atoms with Gasteiger partial charge in [-0.2, -0.15) is 0 Å². The standard InChI is InChI=1S/C9H16O2.C9H10O2.C8H9NO2.C7H14O.C5H10O2.C4H8O2/c2*1-2-9(10)11-8-6-4-3-5-7-8;1-2-8(10)11-7-5-3-4-6-9-7;1-4-7(8)5-6(2)3;1-3-5(6)7-4-2;1-3-4(5)6-2/h8H,2-7H2,1H3;3-7H,2H2,1H3;3-6H,2H2,1H3;6H,4-5H2,1-3H3;3-4H2,1-2H3;3H2,1-2H3. The molecule has 0 saturated heterocycles. The molecule has 0 aliphatic heterocycles. The van der Waals surface area contributed by atoms with Crippen molar-refractivity contribution in [2.24, 2.45) is 5.92 Å². The second kappa shape index (κ2) is 38.1. The van der Waals surface area contributed by atoms with Gasteiger partial charge in [0.1, 0.15) is 17.6 Å². The number of carbonyl (C=O) groups excluding carboxylic acids is 6. The second-order valence-corrected chi connectivity index (χ2v) is 11.8. The van der Waals surface area contributed by atoms with Gasteiger partial charge in [0, 0.05) is 57.2 Å². The molecule has 0 N–H and O–H groups in total. The number of benzene rings is 1. The van der Waals surface area contributed by atoms with Gasteiger partial charge in [-0.3, -0.25) is 28.8 Å². The molecule has 306 valence electrons. The molecule has 0 amide bonds. The summed E-state index contributed by atoms with van der Waals surface area (Å²) in [6.45, 7) is 17.2. The summed E-state index contributed by atoms with van der Waals surface area (Å²) in [5, 5.41) is 0. The second-order valence-electron chi connectivity index (χ2n) is 11.8. The van der Waals surface area contributed by atoms with Crippen molar-refractivity contribution in [1.82, 2.24) is 4.98 Å². The number of methoxy groups -OCH3 is 1. The molecule has 0 radical (unpaired) electrons. The first-order valence-corrected chi connectivity index (χ1v) is 19.1. The number of ether oxygens (including phenoxy) is 5. The first-order valence-electron chi connectivity index (χ1n) is 19.1. The molecule has 0 unspecified atom stereocenters. The summed E-state index contributed by atoms with van der Waals surface area (Å²) >= 11 is 0. The quantitative estimate of drug-likeness (QED) is 0.115. The lowest BCUT2D eigenvalue weighted by molar-refractivity contribution is -0.150. The van der Waals surface area contributed by atoms with Gasteiger partial charge in [-0.25, -0.2) is 4.98 Å². The lowest BCUT2D eigenvalue weighted by Crippen LogP contribution is -2.20. The molecule has 12 nitrogen and oxygen atoms in total. The third kappa shape index (κ3) is 37.2. The summed E-state index contributed by atoms with van der Waals surface area (Å²) in [5.74, 6) is 1.09. The molecule has 1 aliphatic rings. The van der Waals surface area contributed by atoms with E-state index in [0.29, 0.717) is 68.5 Å². The highest BCUT2D eigenvalue weighted by molar-refractivity contribution is 5.78. The number of Topliss-reactive ketones (excluding diaryl/α,β-unsaturated/α-hetero) is 1. The van der Waals surface area contributed by atoms with Gasteiger partial charge in [0.15, 0.2) is 0 Å². The van der Waals surface area contributed by atoms with Crippen molar-refractivity contribution in [3.63, 3.8) is 0 Å². The van der Waals surface area contributed by atoms with Crippen molar-refractivity contribution >= 4 is 35.6 Å². The Bertz CT molecular complexity index is 1190. The average molecular weight is 762 g/mol. The van der Waals surface area contributed by atoms with Gasteiger partial charge in [0.25, 0.3) is 0 Å². The van der Waals surface area contributed by atoms with Crippen molar-refractivity contribution in [3.05, 3.63) is 54.7 Å². The molecule has 12 heteroatoms. The third-order valence-electron chi connectivity index (χ3n) is 6.69. The molecule has 2 aromatic rings. The highest BCUT2D eigenvalue weighted by Gasteiger charge is 2.16. The highest BCUT2D eigenvalue weighted by Crippen LogP contribution is 2.20. The smallest absolute Gasteiger partial charge is 0.312 e. The van der Waals surface area contributed by atoms with E-state index in [-0.39, 0.29) is 36.0 Å². The minimum Gasteiger partial charge on any atom is -0.469 e. The summed E-state index contributed by atoms with van der Waals surface area (Å²) < 4.78 is 23.8. The molecule has 0 spiro atoms. The predicted octanol–water partition coefficient (Wildman–Crippen LogP) is 9.21. The van der Waals surface area contributed by atoms with E-state index in [1.54, 1.807) is 71.1 Å². The van der Waals surface area contributed by atoms with E-state index < -0.39 is 0 Å². The largest absolute Gasteiger partial charge is 0.469 e. The van der Waals surface area contributed by atoms with Gasteiger partial charge in [-0.1, -0.05) is 86.1 Å². The van der Waals surface area contributed by atoms with Crippen molar-refractivity contribution in [2.45, 2.75) is 145 Å². The van der Waals surface area contributed by atoms with Crippen LogP contribution >= 0.6 is 0 Å². The minimum atomic E-state index is -0.260. The van der Waals surface area contributed by atoms with Gasteiger partial charge in [-0.05, 0) is 56.7 Å². The van der Waals surface area contributed by atoms with Gasteiger partial charge >= 0.3 is 29.8 Å². The molecule has 1 heterocycles. The third-order valence-corrected chi connectivity index (χ3v) is 6.69. The Labute approximate surface area is 324 Å². The van der Waals surface area contributed by atoms with Crippen LogP contribution in [0.5, 0.6) is 11.6 Å². The van der Waals surface area contributed by atoms with E-state index >= 15 is 0 Å². The van der Waals surface area contributed by atoms with Crippen LogP contribution in [-0.4, -0.2) is 60.4 Å². The van der Waals surface area contributed by atoms with Crippen molar-refractivity contribution in [2.75, 3.05) is 13.7 Å². The molecule has 1 aromatic heterocycles. The van der Waals surface area contributed by atoms with Gasteiger partial charge < -0.3 is 23.7 Å². The Balaban J connectivity index is -0.000000587. The normalized spacial score (nSPS) is 11.2. The van der Waals surface area contributed by atoms with E-state index in [9.17, 15) is 28.8 Å². The zero-order chi connectivity index (χ0) is 41.6. The molecule has 3 rings (SSSR count). The average Bonchev–Trinajstić information content (AvgIpc) is 3.19. The summed E-state index contributed by atoms with van der Waals surface area (Å²) in [7, 11) is 1.38. The van der Waals surface area contributed by atoms with Crippen molar-refractivity contribution in [3.8, 4) is 11.6 Å². The Hall–Kier alpha value is -4.61. The molecule has 54 heavy (non-hydrogen) atoms. The number of ketones is 1. The maximum Gasteiger partial charge on any atom is 0.312 e. The number of hydrogen-bond donors (Lipinski definition) is 0. The van der Waals surface area contributed by atoms with Crippen LogP contribution < -0.4 is 9.47 Å². The van der Waals surface area contributed by atoms with Crippen LogP contribution in [0, 0.1) is 5.92 Å². The van der Waals surface area contributed by atoms with E-state index in [1.807, 2.05) is 32.0 Å². The molecule has 1 fully saturated rings. The predicted molar refractivity (Wildman–Crippen MR) is 210 cm³/mol. The molecule has 1 aromatic carbocycles. The summed E-state index contributed by atoms with van der Waals surface area (Å²) in [4.78, 5) is 66.9. The zero-order valence-electron chi connectivity index (χ0n) is 34.5. The minimum absolute atomic E-state index is 0.0445. The van der Waals surface area contributed by atoms with Crippen LogP contribution in [0.1, 0.15) is 139 Å². The van der Waals surface area contributed by atoms with Crippen molar-refractivity contribution in [1.29, 1.82) is 0 Å². The molecule has 1 saturated carbocycles. The number of rotatable bonds is 12. The molecule has 0 bridgehead atoms. The Morgan fingerprint density at radius 1 is 0.630 bits per heavy atom. The van der Waals surface area contributed by atoms with E-state index in [0.717, 1.165) is 19.3 Å². The van der Waals surface area contributed by atoms with Crippen LogP contribution in [0.4, 0.5) is 0 Å². The summed E-state index contributed by atoms with van der Waals surface area (Å²) in [5.41, 5.74) is 0. The van der Waals surface area contributed by atoms with E-state index in [2.05, 4.69) is 28.3 Å². The number of esters is 5. The number of hydrogen-bond acceptors (Lipinski definition) is 12. The molecular weight excluding hydrogens is 694 g/mol. The zero-order valence-corrected chi connectivity index (χ0v) is 34.5. The van der Waals surface area contributed by atoms with Crippen LogP contribution in [0.2, 0.25) is 0 Å². The van der Waals surface area contributed by atoms with Crippen LogP contribution in [0.25, 0.3) is 0 Å². The first-order chi connectivity index (χ1) is 25.8. The summed E-state index contributed by atoms with van der Waals surface area (Å²) in [6, 6.07) is 14.2. The maximum atomic E-state index is 10.9. The van der Waals surface area contributed by atoms with Gasteiger partial charge in [-0.15, -0.1) is 0 Å². The fourth-order valence-electron chi connectivity index (χ4n) is 3.75. The van der Waals surface area contributed by atoms with E-state index in [1.165, 1.54) is 26.4 Å². The van der Waals surface area contributed by atoms with Crippen molar-refractivity contribution < 1.29 is 52.5 Å². The van der Waals surface area contributed by atoms with Crippen LogP contribution in [0.15, 0.2) is 54.7 Å². The Kier molecular flexibility index (Phi) is 37.9. The lowest BCUT2D eigenvalue weighted by Gasteiger charge is -2.21. The van der Waals surface area contributed by atoms with Gasteiger partial charge in [0.2, 0.25) is 5.88 Å². The molecule has 0 atom stereocenters. The number of nitrogens with zero attached hydrogens (tertiary/aromatic N) is 1. The number of carbonyl (C=O) groups is 6. The number of para-hydroxylation sites is 1. The molecule has 1 aliphatic carbocycles. The SMILES string of the molecule is CCC(=O)CC(C)C.CCC(=O)OC.CCC(=O)OC1CCCCC1.CCC(=O)Oc1ccccc1.CCC(=O)Oc1ccccn1.CCOC(=O)CC.